The quantitative estimate of drug-likeness (QED) is 0.502. The lowest BCUT2D eigenvalue weighted by molar-refractivity contribution is 0.890. The molecule has 2 nitrogen and oxygen atoms in total. The van der Waals surface area contributed by atoms with Crippen LogP contribution < -0.4 is 10.7 Å². The Bertz CT molecular complexity index is 38.7. The van der Waals surface area contributed by atoms with Gasteiger partial charge in [-0.1, -0.05) is 13.1 Å². The average molecular weight is 117 g/mol. The fraction of sp³-hybridized carbons (Fsp3) is 1.00. The molecule has 1 radical (unpaired) electrons. The maximum absolute atomic E-state index is 5.23. The topological polar surface area (TPSA) is 38.0 Å². The van der Waals surface area contributed by atoms with Crippen LogP contribution in [0.25, 0.3) is 0 Å². The highest BCUT2D eigenvalue weighted by molar-refractivity contribution is 6.52. The number of nitrogens with one attached hydrogen (secondary N) is 1. The molecule has 7 heavy (non-hydrogen) atoms. The van der Waals surface area contributed by atoms with Crippen molar-refractivity contribution < 1.29 is 0 Å². The summed E-state index contributed by atoms with van der Waals surface area (Å²) < 4.78 is 0. The van der Waals surface area contributed by atoms with E-state index in [0.717, 1.165) is 13.1 Å². The molecule has 0 rings (SSSR count). The van der Waals surface area contributed by atoms with Crippen molar-refractivity contribution in [2.75, 3.05) is 13.1 Å². The van der Waals surface area contributed by atoms with Crippen molar-refractivity contribution in [3.05, 3.63) is 0 Å². The number of rotatable bonds is 3. The molecule has 0 atom stereocenters. The first-order valence-corrected chi connectivity index (χ1v) is 5.01. The van der Waals surface area contributed by atoms with Crippen LogP contribution in [0, 0.1) is 0 Å². The Balaban J connectivity index is 2.68. The molecule has 0 aliphatic carbocycles. The summed E-state index contributed by atoms with van der Waals surface area (Å²) in [5.41, 5.74) is 5.23. The van der Waals surface area contributed by atoms with Gasteiger partial charge in [-0.25, -0.2) is 0 Å². The van der Waals surface area contributed by atoms with Crippen LogP contribution in [0.2, 0.25) is 13.1 Å². The molecule has 0 saturated carbocycles. The molecule has 0 aliphatic heterocycles. The summed E-state index contributed by atoms with van der Waals surface area (Å²) in [7, 11) is -0.227. The molecule has 0 heterocycles. The van der Waals surface area contributed by atoms with E-state index < -0.39 is 0 Å². The van der Waals surface area contributed by atoms with E-state index in [9.17, 15) is 0 Å². The second-order valence-corrected chi connectivity index (χ2v) is 4.07. The average Bonchev–Trinajstić information content (AvgIpc) is 1.61. The smallest absolute Gasteiger partial charge is 0.126 e. The van der Waals surface area contributed by atoms with Crippen molar-refractivity contribution in [1.29, 1.82) is 0 Å². The highest BCUT2D eigenvalue weighted by Crippen LogP contribution is 1.66. The Morgan fingerprint density at radius 1 is 1.57 bits per heavy atom. The Labute approximate surface area is 46.8 Å². The zero-order valence-electron chi connectivity index (χ0n) is 4.99. The van der Waals surface area contributed by atoms with Gasteiger partial charge < -0.3 is 10.7 Å². The van der Waals surface area contributed by atoms with Crippen molar-refractivity contribution in [1.82, 2.24) is 4.98 Å². The zero-order chi connectivity index (χ0) is 5.70. The van der Waals surface area contributed by atoms with E-state index >= 15 is 0 Å². The van der Waals surface area contributed by atoms with Crippen molar-refractivity contribution in [3.63, 3.8) is 0 Å². The van der Waals surface area contributed by atoms with Crippen LogP contribution >= 0.6 is 0 Å². The first-order chi connectivity index (χ1) is 3.27. The third-order valence-corrected chi connectivity index (χ3v) is 1.58. The van der Waals surface area contributed by atoms with E-state index in [1.165, 1.54) is 0 Å². The van der Waals surface area contributed by atoms with Gasteiger partial charge in [-0.05, 0) is 0 Å². The van der Waals surface area contributed by atoms with Crippen LogP contribution in [-0.2, 0) is 0 Å². The molecule has 0 bridgehead atoms. The summed E-state index contributed by atoms with van der Waals surface area (Å²) in [5.74, 6) is 0. The molecule has 0 unspecified atom stereocenters. The molecule has 0 aromatic rings. The second-order valence-electron chi connectivity index (χ2n) is 1.72. The highest BCUT2D eigenvalue weighted by Gasteiger charge is 1.89. The predicted octanol–water partition coefficient (Wildman–Crippen LogP) is -0.214. The number of nitrogens with two attached hydrogens (primary N) is 1. The van der Waals surface area contributed by atoms with Gasteiger partial charge in [-0.3, -0.25) is 0 Å². The van der Waals surface area contributed by atoms with Crippen molar-refractivity contribution in [2.45, 2.75) is 13.1 Å². The lowest BCUT2D eigenvalue weighted by Crippen LogP contribution is -2.31. The monoisotopic (exact) mass is 117 g/mol. The molecular weight excluding hydrogens is 104 g/mol. The second kappa shape index (κ2) is 4.30. The first kappa shape index (κ1) is 7.14. The Morgan fingerprint density at radius 3 is 2.29 bits per heavy atom. The number of hydrogen-bond acceptors (Lipinski definition) is 2. The zero-order valence-corrected chi connectivity index (χ0v) is 5.99. The van der Waals surface area contributed by atoms with Crippen LogP contribution in [0.1, 0.15) is 0 Å². The van der Waals surface area contributed by atoms with E-state index in [0.29, 0.717) is 0 Å². The molecule has 3 heteroatoms. The molecule has 0 spiro atoms. The Hall–Kier alpha value is 0.137. The summed E-state index contributed by atoms with van der Waals surface area (Å²) in [4.78, 5) is 3.27. The van der Waals surface area contributed by atoms with E-state index in [-0.39, 0.29) is 8.96 Å². The van der Waals surface area contributed by atoms with Gasteiger partial charge in [0.1, 0.15) is 8.96 Å². The standard InChI is InChI=1S/C4H13N2Si/c1-7(2)6-4-3-5/h6H,3-5H2,1-2H3. The van der Waals surface area contributed by atoms with Gasteiger partial charge >= 0.3 is 0 Å². The molecule has 0 fully saturated rings. The van der Waals surface area contributed by atoms with Gasteiger partial charge in [0.25, 0.3) is 0 Å². The Kier molecular flexibility index (Phi) is 4.38. The van der Waals surface area contributed by atoms with Crippen LogP contribution in [0.3, 0.4) is 0 Å². The van der Waals surface area contributed by atoms with E-state index in [1.807, 2.05) is 0 Å². The maximum atomic E-state index is 5.23. The molecule has 0 aliphatic rings. The van der Waals surface area contributed by atoms with E-state index in [4.69, 9.17) is 5.73 Å². The van der Waals surface area contributed by atoms with Gasteiger partial charge in [0, 0.05) is 13.1 Å². The minimum atomic E-state index is -0.227. The van der Waals surface area contributed by atoms with Gasteiger partial charge in [0.05, 0.1) is 0 Å². The van der Waals surface area contributed by atoms with Crippen LogP contribution in [-0.4, -0.2) is 22.0 Å². The van der Waals surface area contributed by atoms with Gasteiger partial charge in [0.15, 0.2) is 0 Å². The summed E-state index contributed by atoms with van der Waals surface area (Å²) >= 11 is 0. The van der Waals surface area contributed by atoms with Crippen molar-refractivity contribution >= 4 is 8.96 Å². The minimum absolute atomic E-state index is 0.227. The van der Waals surface area contributed by atoms with E-state index in [2.05, 4.69) is 18.1 Å². The summed E-state index contributed by atoms with van der Waals surface area (Å²) in [6.07, 6.45) is 0. The molecular formula is C4H13N2Si. The van der Waals surface area contributed by atoms with Gasteiger partial charge in [-0.2, -0.15) is 0 Å². The van der Waals surface area contributed by atoms with E-state index in [1.54, 1.807) is 0 Å². The van der Waals surface area contributed by atoms with Crippen LogP contribution in [0.4, 0.5) is 0 Å². The predicted molar refractivity (Wildman–Crippen MR) is 34.5 cm³/mol. The SMILES string of the molecule is C[Si](C)NCCN. The Morgan fingerprint density at radius 2 is 2.14 bits per heavy atom. The summed E-state index contributed by atoms with van der Waals surface area (Å²) in [6, 6.07) is 0. The molecule has 43 valence electrons. The number of hydrogen-bond donors (Lipinski definition) is 2. The van der Waals surface area contributed by atoms with Crippen LogP contribution in [0.15, 0.2) is 0 Å². The minimum Gasteiger partial charge on any atom is -0.337 e. The molecule has 3 N–H and O–H groups in total. The largest absolute Gasteiger partial charge is 0.337 e. The highest BCUT2D eigenvalue weighted by atomic mass is 28.3. The fourth-order valence-corrected chi connectivity index (χ4v) is 0.967. The van der Waals surface area contributed by atoms with Crippen molar-refractivity contribution in [3.8, 4) is 0 Å². The molecule has 0 aromatic carbocycles. The third-order valence-electron chi connectivity index (χ3n) is 0.623. The van der Waals surface area contributed by atoms with Gasteiger partial charge in [-0.15, -0.1) is 0 Å². The third kappa shape index (κ3) is 6.14. The first-order valence-electron chi connectivity index (χ1n) is 2.51. The van der Waals surface area contributed by atoms with Crippen LogP contribution in [0.5, 0.6) is 0 Å². The summed E-state index contributed by atoms with van der Waals surface area (Å²) in [6.45, 7) is 6.15. The molecule has 0 aromatic heterocycles. The lowest BCUT2D eigenvalue weighted by atomic mass is 10.7. The fourth-order valence-electron chi connectivity index (χ4n) is 0.322. The maximum Gasteiger partial charge on any atom is 0.126 e. The molecule has 0 amide bonds. The van der Waals surface area contributed by atoms with Gasteiger partial charge in [0.2, 0.25) is 0 Å². The lowest BCUT2D eigenvalue weighted by Gasteiger charge is -2.01. The van der Waals surface area contributed by atoms with Crippen molar-refractivity contribution in [2.24, 2.45) is 5.73 Å². The summed E-state index contributed by atoms with van der Waals surface area (Å²) in [5, 5.41) is 0. The normalized spacial score (nSPS) is 10.3. The molecule has 0 saturated heterocycles.